The van der Waals surface area contributed by atoms with Crippen molar-refractivity contribution in [3.05, 3.63) is 87.3 Å². The fraction of sp³-hybridized carbons (Fsp3) is 0. The Kier molecular flexibility index (Phi) is 3.85. The molecule has 0 saturated heterocycles. The molecule has 2 N–H and O–H groups in total. The molecule has 2 aromatic carbocycles. The van der Waals surface area contributed by atoms with Crippen LogP contribution in [0.4, 0.5) is 5.69 Å². The van der Waals surface area contributed by atoms with E-state index >= 15 is 0 Å². The number of benzene rings is 2. The monoisotopic (exact) mass is 343 g/mol. The highest BCUT2D eigenvalue weighted by Gasteiger charge is 2.27. The number of nitrogens with two attached hydrogens (primary N) is 1. The van der Waals surface area contributed by atoms with Gasteiger partial charge in [0.25, 0.3) is 0 Å². The minimum absolute atomic E-state index is 0.117. The molecule has 0 unspecified atom stereocenters. The van der Waals surface area contributed by atoms with E-state index in [4.69, 9.17) is 10.5 Å². The summed E-state index contributed by atoms with van der Waals surface area (Å²) in [4.78, 5) is 12.5. The summed E-state index contributed by atoms with van der Waals surface area (Å²) >= 11 is 1.58. The van der Waals surface area contributed by atoms with Crippen molar-refractivity contribution in [2.75, 3.05) is 5.73 Å². The summed E-state index contributed by atoms with van der Waals surface area (Å²) in [5, 5.41) is 3.93. The zero-order valence-corrected chi connectivity index (χ0v) is 14.0. The molecule has 1 aromatic heterocycles. The lowest BCUT2D eigenvalue weighted by Gasteiger charge is -1.97. The quantitative estimate of drug-likeness (QED) is 0.406. The number of fused-ring (bicyclic) bond motifs is 1. The van der Waals surface area contributed by atoms with Crippen LogP contribution < -0.4 is 10.5 Å². The van der Waals surface area contributed by atoms with Crippen LogP contribution in [-0.2, 0) is 0 Å². The van der Waals surface area contributed by atoms with E-state index in [9.17, 15) is 4.79 Å². The molecule has 0 spiro atoms. The van der Waals surface area contributed by atoms with Crippen LogP contribution >= 0.6 is 11.3 Å². The van der Waals surface area contributed by atoms with Gasteiger partial charge in [0.1, 0.15) is 5.75 Å². The smallest absolute Gasteiger partial charge is 0.232 e. The van der Waals surface area contributed by atoms with Crippen molar-refractivity contribution < 1.29 is 9.53 Å². The summed E-state index contributed by atoms with van der Waals surface area (Å²) in [5.74, 6) is 6.92. The maximum Gasteiger partial charge on any atom is 0.232 e. The number of ether oxygens (including phenoxy) is 1. The van der Waals surface area contributed by atoms with Crippen molar-refractivity contribution in [1.82, 2.24) is 0 Å². The molecule has 0 bridgehead atoms. The number of ketones is 1. The van der Waals surface area contributed by atoms with Crippen molar-refractivity contribution in [3.63, 3.8) is 0 Å². The lowest BCUT2D eigenvalue weighted by atomic mass is 10.1. The summed E-state index contributed by atoms with van der Waals surface area (Å²) in [6.07, 6.45) is 1.76. The van der Waals surface area contributed by atoms with E-state index in [1.807, 2.05) is 47.2 Å². The highest BCUT2D eigenvalue weighted by Crippen LogP contribution is 2.32. The minimum Gasteiger partial charge on any atom is -0.452 e. The highest BCUT2D eigenvalue weighted by atomic mass is 32.1. The molecule has 25 heavy (non-hydrogen) atoms. The number of carbonyl (C=O) groups excluding carboxylic acids is 1. The third-order valence-electron chi connectivity index (χ3n) is 3.75. The molecular formula is C21H13NO2S. The van der Waals surface area contributed by atoms with Crippen molar-refractivity contribution >= 4 is 28.9 Å². The first-order valence-electron chi connectivity index (χ1n) is 7.67. The van der Waals surface area contributed by atoms with Crippen LogP contribution in [-0.4, -0.2) is 5.78 Å². The molecule has 2 heterocycles. The number of Topliss-reactive ketones (excluding diaryl/α,β-unsaturated/α-hetero) is 1. The van der Waals surface area contributed by atoms with E-state index in [0.717, 1.165) is 16.7 Å². The number of hydrogen-bond acceptors (Lipinski definition) is 4. The number of rotatable bonds is 1. The third-order valence-corrected chi connectivity index (χ3v) is 4.45. The van der Waals surface area contributed by atoms with Crippen molar-refractivity contribution in [2.24, 2.45) is 0 Å². The summed E-state index contributed by atoms with van der Waals surface area (Å²) in [5.41, 5.74) is 9.53. The van der Waals surface area contributed by atoms with Crippen molar-refractivity contribution in [1.29, 1.82) is 0 Å². The van der Waals surface area contributed by atoms with Gasteiger partial charge in [0, 0.05) is 16.8 Å². The zero-order valence-electron chi connectivity index (χ0n) is 13.2. The molecule has 3 nitrogen and oxygen atoms in total. The second-order valence-electron chi connectivity index (χ2n) is 5.58. The largest absolute Gasteiger partial charge is 0.452 e. The molecule has 4 rings (SSSR count). The maximum atomic E-state index is 12.5. The fourth-order valence-corrected chi connectivity index (χ4v) is 3.15. The molecule has 3 aromatic rings. The Labute approximate surface area is 149 Å². The second-order valence-corrected chi connectivity index (χ2v) is 6.36. The average Bonchev–Trinajstić information content (AvgIpc) is 3.22. The SMILES string of the molecule is Nc1cccc(C#Cc2ccc3c(c2)C(=O)/C(=C/c2ccsc2)O3)c1. The maximum absolute atomic E-state index is 12.5. The lowest BCUT2D eigenvalue weighted by molar-refractivity contribution is 0.101. The number of allylic oxidation sites excluding steroid dienone is 1. The Morgan fingerprint density at radius 3 is 2.64 bits per heavy atom. The second kappa shape index (κ2) is 6.31. The van der Waals surface area contributed by atoms with E-state index in [1.165, 1.54) is 0 Å². The number of anilines is 1. The molecule has 0 saturated carbocycles. The van der Waals surface area contributed by atoms with Gasteiger partial charge < -0.3 is 10.5 Å². The zero-order chi connectivity index (χ0) is 17.2. The molecular weight excluding hydrogens is 330 g/mol. The Balaban J connectivity index is 1.63. The van der Waals surface area contributed by atoms with E-state index in [-0.39, 0.29) is 5.78 Å². The van der Waals surface area contributed by atoms with Gasteiger partial charge in [-0.1, -0.05) is 17.9 Å². The first-order valence-corrected chi connectivity index (χ1v) is 8.61. The molecule has 120 valence electrons. The van der Waals surface area contributed by atoms with Gasteiger partial charge in [-0.25, -0.2) is 0 Å². The van der Waals surface area contributed by atoms with Gasteiger partial charge in [-0.2, -0.15) is 11.3 Å². The van der Waals surface area contributed by atoms with Crippen molar-refractivity contribution in [3.8, 4) is 17.6 Å². The predicted octanol–water partition coefficient (Wildman–Crippen LogP) is 4.35. The van der Waals surface area contributed by atoms with E-state index in [2.05, 4.69) is 11.8 Å². The predicted molar refractivity (Wildman–Crippen MR) is 101 cm³/mol. The lowest BCUT2D eigenvalue weighted by Crippen LogP contribution is -1.97. The summed E-state index contributed by atoms with van der Waals surface area (Å²) in [6, 6.07) is 14.7. The first-order chi connectivity index (χ1) is 12.2. The number of carbonyl (C=O) groups is 1. The molecule has 0 radical (unpaired) electrons. The highest BCUT2D eigenvalue weighted by molar-refractivity contribution is 7.08. The van der Waals surface area contributed by atoms with Gasteiger partial charge in [-0.05, 0) is 64.9 Å². The summed E-state index contributed by atoms with van der Waals surface area (Å²) in [6.45, 7) is 0. The molecule has 0 aliphatic carbocycles. The standard InChI is InChI=1S/C21H13NO2S/c22-17-3-1-2-14(10-17)4-5-15-6-7-19-18(11-15)21(23)20(24-19)12-16-8-9-25-13-16/h1-3,6-13H,22H2/b20-12-. The van der Waals surface area contributed by atoms with E-state index < -0.39 is 0 Å². The van der Waals surface area contributed by atoms with Crippen LogP contribution in [0.3, 0.4) is 0 Å². The number of hydrogen-bond donors (Lipinski definition) is 1. The first kappa shape index (κ1) is 15.3. The van der Waals surface area contributed by atoms with Crippen LogP contribution in [0.15, 0.2) is 65.1 Å². The van der Waals surface area contributed by atoms with Gasteiger partial charge in [-0.15, -0.1) is 0 Å². The van der Waals surface area contributed by atoms with Crippen molar-refractivity contribution in [2.45, 2.75) is 0 Å². The van der Waals surface area contributed by atoms with Crippen LogP contribution in [0.2, 0.25) is 0 Å². The summed E-state index contributed by atoms with van der Waals surface area (Å²) < 4.78 is 5.68. The molecule has 1 aliphatic heterocycles. The molecule has 0 atom stereocenters. The van der Waals surface area contributed by atoms with Crippen LogP contribution in [0, 0.1) is 11.8 Å². The molecule has 1 aliphatic rings. The van der Waals surface area contributed by atoms with E-state index in [1.54, 1.807) is 29.5 Å². The van der Waals surface area contributed by atoms with Gasteiger partial charge in [0.05, 0.1) is 5.56 Å². The Morgan fingerprint density at radius 2 is 1.88 bits per heavy atom. The molecule has 0 fully saturated rings. The Morgan fingerprint density at radius 1 is 1.04 bits per heavy atom. The minimum atomic E-state index is -0.117. The van der Waals surface area contributed by atoms with Crippen LogP contribution in [0.1, 0.15) is 27.0 Å². The van der Waals surface area contributed by atoms with Gasteiger partial charge in [0.2, 0.25) is 5.78 Å². The number of thiophene rings is 1. The van der Waals surface area contributed by atoms with E-state index in [0.29, 0.717) is 22.8 Å². The topological polar surface area (TPSA) is 52.3 Å². The number of nitrogen functional groups attached to an aromatic ring is 1. The van der Waals surface area contributed by atoms with Gasteiger partial charge in [0.15, 0.2) is 5.76 Å². The van der Waals surface area contributed by atoms with Crippen LogP contribution in [0.25, 0.3) is 6.08 Å². The normalized spacial score (nSPS) is 13.9. The Bertz CT molecular complexity index is 1050. The summed E-state index contributed by atoms with van der Waals surface area (Å²) in [7, 11) is 0. The van der Waals surface area contributed by atoms with Gasteiger partial charge in [-0.3, -0.25) is 4.79 Å². The average molecular weight is 343 g/mol. The van der Waals surface area contributed by atoms with Crippen LogP contribution in [0.5, 0.6) is 5.75 Å². The molecule has 0 amide bonds. The fourth-order valence-electron chi connectivity index (χ4n) is 2.54. The third kappa shape index (κ3) is 3.18. The Hall–Kier alpha value is -3.29. The molecule has 4 heteroatoms. The van der Waals surface area contributed by atoms with Gasteiger partial charge >= 0.3 is 0 Å².